The molecule has 0 bridgehead atoms. The zero-order valence-electron chi connectivity index (χ0n) is 24.0. The molecule has 1 aliphatic rings. The Labute approximate surface area is 248 Å². The number of hydrogen-bond acceptors (Lipinski definition) is 8. The van der Waals surface area contributed by atoms with Gasteiger partial charge in [-0.05, 0) is 41.7 Å². The predicted octanol–water partition coefficient (Wildman–Crippen LogP) is 3.98. The van der Waals surface area contributed by atoms with E-state index >= 15 is 0 Å². The number of benzene rings is 3. The minimum atomic E-state index is -1.40. The largest absolute Gasteiger partial charge is 0.399 e. The molecule has 3 aromatic carbocycles. The third-order valence-electron chi connectivity index (χ3n) is 8.42. The fourth-order valence-corrected chi connectivity index (χ4v) is 6.64. The van der Waals surface area contributed by atoms with Crippen molar-refractivity contribution >= 4 is 28.6 Å². The molecule has 0 amide bonds. The first-order valence-electron chi connectivity index (χ1n) is 14.3. The van der Waals surface area contributed by atoms with Crippen molar-refractivity contribution in [2.45, 2.75) is 43.9 Å². The number of nitrogens with one attached hydrogen (secondary N) is 1. The molecule has 0 aliphatic carbocycles. The number of nitrogen functional groups attached to an aromatic ring is 2. The summed E-state index contributed by atoms with van der Waals surface area (Å²) in [4.78, 5) is 38.5. The summed E-state index contributed by atoms with van der Waals surface area (Å²) in [5.41, 5.74) is 13.0. The summed E-state index contributed by atoms with van der Waals surface area (Å²) in [7, 11) is 0. The number of imidazole rings is 1. The van der Waals surface area contributed by atoms with Crippen LogP contribution in [0.25, 0.3) is 11.2 Å². The normalized spacial score (nSPS) is 20.0. The predicted molar refractivity (Wildman–Crippen MR) is 165 cm³/mol. The van der Waals surface area contributed by atoms with Crippen molar-refractivity contribution in [1.82, 2.24) is 19.5 Å². The van der Waals surface area contributed by atoms with Crippen LogP contribution in [0.5, 0.6) is 0 Å². The lowest BCUT2D eigenvalue weighted by Crippen LogP contribution is -2.55. The van der Waals surface area contributed by atoms with Gasteiger partial charge in [-0.3, -0.25) is 19.1 Å². The van der Waals surface area contributed by atoms with Crippen LogP contribution in [-0.2, 0) is 15.9 Å². The quantitative estimate of drug-likeness (QED) is 0.122. The number of Topliss-reactive ketones (excluding diaryl/α,β-unsaturated/α-hetero) is 1. The smallest absolute Gasteiger partial charge is 0.280 e. The van der Waals surface area contributed by atoms with E-state index in [4.69, 9.17) is 16.2 Å². The van der Waals surface area contributed by atoms with Gasteiger partial charge in [0.1, 0.15) is 0 Å². The summed E-state index contributed by atoms with van der Waals surface area (Å²) < 4.78 is 8.77. The Kier molecular flexibility index (Phi) is 7.11. The van der Waals surface area contributed by atoms with E-state index in [9.17, 15) is 14.7 Å². The molecule has 2 aromatic heterocycles. The number of ketones is 1. The van der Waals surface area contributed by atoms with Crippen LogP contribution in [-0.4, -0.2) is 43.1 Å². The van der Waals surface area contributed by atoms with Crippen LogP contribution >= 0.6 is 0 Å². The summed E-state index contributed by atoms with van der Waals surface area (Å²) in [6.07, 6.45) is 1.81. The van der Waals surface area contributed by atoms with Crippen LogP contribution in [0.1, 0.15) is 53.7 Å². The molecule has 3 atom stereocenters. The minimum absolute atomic E-state index is 0.0408. The van der Waals surface area contributed by atoms with E-state index in [1.54, 1.807) is 10.6 Å². The number of nitrogens with two attached hydrogens (primary N) is 2. The molecule has 10 heteroatoms. The molecule has 43 heavy (non-hydrogen) atoms. The molecule has 1 fully saturated rings. The number of carbonyl (C=O) groups is 1. The van der Waals surface area contributed by atoms with Gasteiger partial charge in [0, 0.05) is 17.2 Å². The molecule has 10 nitrogen and oxygen atoms in total. The van der Waals surface area contributed by atoms with Gasteiger partial charge in [0.25, 0.3) is 5.56 Å². The number of aliphatic hydroxyl groups is 1. The van der Waals surface area contributed by atoms with E-state index in [1.807, 2.05) is 86.6 Å². The fraction of sp³-hybridized carbons (Fsp3) is 0.273. The highest BCUT2D eigenvalue weighted by Gasteiger charge is 2.62. The van der Waals surface area contributed by atoms with E-state index in [0.29, 0.717) is 29.7 Å². The number of aliphatic hydroxyl groups excluding tert-OH is 1. The third kappa shape index (κ3) is 4.33. The van der Waals surface area contributed by atoms with Crippen molar-refractivity contribution in [3.05, 3.63) is 118 Å². The molecular weight excluding hydrogens is 544 g/mol. The van der Waals surface area contributed by atoms with E-state index in [1.165, 1.54) is 6.33 Å². The number of aromatic nitrogens is 4. The fourth-order valence-electron chi connectivity index (χ4n) is 6.64. The Morgan fingerprint density at radius 3 is 2.51 bits per heavy atom. The number of H-pyrrole nitrogens is 1. The van der Waals surface area contributed by atoms with Gasteiger partial charge in [0.15, 0.2) is 22.7 Å². The van der Waals surface area contributed by atoms with Crippen LogP contribution in [0.4, 0.5) is 11.6 Å². The third-order valence-corrected chi connectivity index (χ3v) is 8.42. The van der Waals surface area contributed by atoms with Crippen LogP contribution in [0.3, 0.4) is 0 Å². The van der Waals surface area contributed by atoms with E-state index in [2.05, 4.69) is 15.0 Å². The Morgan fingerprint density at radius 1 is 1.09 bits per heavy atom. The second kappa shape index (κ2) is 10.8. The topological polar surface area (TPSA) is 162 Å². The first-order chi connectivity index (χ1) is 20.7. The zero-order chi connectivity index (χ0) is 30.4. The van der Waals surface area contributed by atoms with Crippen LogP contribution in [0, 0.1) is 5.92 Å². The monoisotopic (exact) mass is 578 g/mol. The number of aromatic amines is 1. The summed E-state index contributed by atoms with van der Waals surface area (Å²) in [5, 5.41) is 10.4. The summed E-state index contributed by atoms with van der Waals surface area (Å²) >= 11 is 0. The summed E-state index contributed by atoms with van der Waals surface area (Å²) in [6.45, 7) is 3.50. The molecular formula is C33H34N6O4. The number of anilines is 2. The average molecular weight is 579 g/mol. The highest BCUT2D eigenvalue weighted by molar-refractivity contribution is 5.99. The van der Waals surface area contributed by atoms with Crippen molar-refractivity contribution in [2.24, 2.45) is 5.92 Å². The minimum Gasteiger partial charge on any atom is -0.399 e. The lowest BCUT2D eigenvalue weighted by atomic mass is 9.60. The molecule has 6 rings (SSSR count). The van der Waals surface area contributed by atoms with Crippen LogP contribution < -0.4 is 17.0 Å². The van der Waals surface area contributed by atoms with Crippen molar-refractivity contribution < 1.29 is 14.6 Å². The van der Waals surface area contributed by atoms with Gasteiger partial charge < -0.3 is 21.3 Å². The molecule has 1 aliphatic heterocycles. The molecule has 3 heterocycles. The second-order valence-corrected chi connectivity index (χ2v) is 11.3. The molecule has 0 spiro atoms. The maximum absolute atomic E-state index is 14.0. The van der Waals surface area contributed by atoms with E-state index in [-0.39, 0.29) is 35.4 Å². The second-order valence-electron chi connectivity index (χ2n) is 11.3. The Balaban J connectivity index is 1.86. The van der Waals surface area contributed by atoms with Gasteiger partial charge in [0.05, 0.1) is 24.5 Å². The summed E-state index contributed by atoms with van der Waals surface area (Å²) in [6, 6.07) is 24.8. The molecule has 1 unspecified atom stereocenters. The lowest BCUT2D eigenvalue weighted by Gasteiger charge is -2.50. The zero-order valence-corrected chi connectivity index (χ0v) is 24.0. The molecule has 220 valence electrons. The van der Waals surface area contributed by atoms with Crippen molar-refractivity contribution in [2.75, 3.05) is 18.1 Å². The van der Waals surface area contributed by atoms with Gasteiger partial charge in [-0.15, -0.1) is 0 Å². The van der Waals surface area contributed by atoms with Crippen LogP contribution in [0.15, 0.2) is 90.0 Å². The maximum atomic E-state index is 14.0. The molecule has 6 N–H and O–H groups in total. The Bertz CT molecular complexity index is 1870. The maximum Gasteiger partial charge on any atom is 0.280 e. The number of nitrogens with zero attached hydrogens (tertiary/aromatic N) is 3. The highest BCUT2D eigenvalue weighted by atomic mass is 16.5. The highest BCUT2D eigenvalue weighted by Crippen LogP contribution is 2.58. The SMILES string of the molecule is CC(C)C(=O)c1ccccc1C(c1ccccc1)(c1cccc(N)c1)[C@]1(n2cnc3c(=O)[nH]c(N)nc32)CC[C@@H](CO)O1. The van der Waals surface area contributed by atoms with Gasteiger partial charge in [-0.1, -0.05) is 80.6 Å². The standard InChI is InChI=1S/C33H34N6O4/c1-20(2)28(41)25-13-6-7-14-26(25)33(21-9-4-3-5-10-21,22-11-8-12-23(34)17-22)32(16-15-24(18-40)43-32)39-19-36-27-29(39)37-31(35)38-30(27)42/h3-14,17,19-20,24,40H,15-16,18,34H2,1-2H3,(H3,35,37,38,42)/t24-,32-,33?/m0/s1. The molecule has 1 saturated heterocycles. The molecule has 0 saturated carbocycles. The number of ether oxygens (including phenoxy) is 1. The van der Waals surface area contributed by atoms with Crippen molar-refractivity contribution in [3.8, 4) is 0 Å². The van der Waals surface area contributed by atoms with E-state index < -0.39 is 22.8 Å². The number of fused-ring (bicyclic) bond motifs is 1. The Morgan fingerprint density at radius 2 is 1.81 bits per heavy atom. The first-order valence-corrected chi connectivity index (χ1v) is 14.3. The van der Waals surface area contributed by atoms with E-state index in [0.717, 1.165) is 11.1 Å². The average Bonchev–Trinajstić information content (AvgIpc) is 3.64. The number of carbonyl (C=O) groups excluding carboxylic acids is 1. The number of hydrogen-bond donors (Lipinski definition) is 4. The van der Waals surface area contributed by atoms with Crippen molar-refractivity contribution in [1.29, 1.82) is 0 Å². The lowest BCUT2D eigenvalue weighted by molar-refractivity contribution is -0.139. The summed E-state index contributed by atoms with van der Waals surface area (Å²) in [5.74, 6) is -0.410. The van der Waals surface area contributed by atoms with Crippen LogP contribution in [0.2, 0.25) is 0 Å². The first kappa shape index (κ1) is 28.3. The molecule has 0 radical (unpaired) electrons. The van der Waals surface area contributed by atoms with Crippen molar-refractivity contribution in [3.63, 3.8) is 0 Å². The number of rotatable bonds is 8. The molecule has 5 aromatic rings. The van der Waals surface area contributed by atoms with Gasteiger partial charge in [0.2, 0.25) is 5.95 Å². The van der Waals surface area contributed by atoms with Gasteiger partial charge in [-0.2, -0.15) is 4.98 Å². The Hall–Kier alpha value is -4.80. The van der Waals surface area contributed by atoms with Gasteiger partial charge in [-0.25, -0.2) is 4.98 Å². The van der Waals surface area contributed by atoms with Gasteiger partial charge >= 0.3 is 0 Å².